The van der Waals surface area contributed by atoms with Crippen molar-refractivity contribution in [1.82, 2.24) is 0 Å². The Labute approximate surface area is 127 Å². The molecule has 0 aliphatic heterocycles. The van der Waals surface area contributed by atoms with Crippen molar-refractivity contribution in [1.29, 1.82) is 0 Å². The second-order valence-electron chi connectivity index (χ2n) is 5.88. The van der Waals surface area contributed by atoms with E-state index in [-0.39, 0.29) is 5.78 Å². The first-order valence-electron chi connectivity index (χ1n) is 7.45. The quantitative estimate of drug-likeness (QED) is 0.871. The lowest BCUT2D eigenvalue weighted by Crippen LogP contribution is -2.29. The second-order valence-corrected chi connectivity index (χ2v) is 5.88. The average Bonchev–Trinajstić information content (AvgIpc) is 2.53. The minimum absolute atomic E-state index is 0.250. The Balaban J connectivity index is 2.20. The van der Waals surface area contributed by atoms with Gasteiger partial charge in [-0.15, -0.1) is 0 Å². The zero-order valence-electron chi connectivity index (χ0n) is 12.8. The van der Waals surface area contributed by atoms with Crippen LogP contribution in [0.3, 0.4) is 0 Å². The molecule has 2 aromatic carbocycles. The van der Waals surface area contributed by atoms with Crippen molar-refractivity contribution < 1.29 is 4.79 Å². The SMILES string of the molecule is CC(C)(C(=O)CCCN)c1ccc(-c2ccccc2)cc1. The molecule has 0 aliphatic rings. The van der Waals surface area contributed by atoms with Gasteiger partial charge in [-0.25, -0.2) is 0 Å². The third-order valence-corrected chi connectivity index (χ3v) is 4.02. The number of carbonyl (C=O) groups is 1. The van der Waals surface area contributed by atoms with Crippen molar-refractivity contribution in [2.45, 2.75) is 32.1 Å². The predicted octanol–water partition coefficient (Wildman–Crippen LogP) is 3.94. The Morgan fingerprint density at radius 1 is 0.952 bits per heavy atom. The van der Waals surface area contributed by atoms with Crippen LogP contribution in [0.1, 0.15) is 32.3 Å². The highest BCUT2D eigenvalue weighted by Crippen LogP contribution is 2.28. The van der Waals surface area contributed by atoms with Gasteiger partial charge in [-0.1, -0.05) is 54.6 Å². The molecule has 110 valence electrons. The molecule has 0 saturated heterocycles. The topological polar surface area (TPSA) is 43.1 Å². The summed E-state index contributed by atoms with van der Waals surface area (Å²) >= 11 is 0. The Hall–Kier alpha value is -1.93. The first-order valence-corrected chi connectivity index (χ1v) is 7.45. The summed E-state index contributed by atoms with van der Waals surface area (Å²) in [5.41, 5.74) is 8.46. The Morgan fingerprint density at radius 2 is 1.52 bits per heavy atom. The summed E-state index contributed by atoms with van der Waals surface area (Å²) in [4.78, 5) is 12.3. The third-order valence-electron chi connectivity index (χ3n) is 4.02. The summed E-state index contributed by atoms with van der Waals surface area (Å²) in [6, 6.07) is 18.5. The van der Waals surface area contributed by atoms with Crippen LogP contribution in [0, 0.1) is 0 Å². The molecular weight excluding hydrogens is 258 g/mol. The fourth-order valence-electron chi connectivity index (χ4n) is 2.45. The zero-order chi connectivity index (χ0) is 15.3. The summed E-state index contributed by atoms with van der Waals surface area (Å²) in [5, 5.41) is 0. The highest BCUT2D eigenvalue weighted by atomic mass is 16.1. The van der Waals surface area contributed by atoms with E-state index in [0.29, 0.717) is 13.0 Å². The van der Waals surface area contributed by atoms with Gasteiger partial charge in [-0.2, -0.15) is 0 Å². The van der Waals surface area contributed by atoms with Gasteiger partial charge in [0.15, 0.2) is 0 Å². The number of benzene rings is 2. The lowest BCUT2D eigenvalue weighted by Gasteiger charge is -2.24. The van der Waals surface area contributed by atoms with E-state index in [1.165, 1.54) is 11.1 Å². The van der Waals surface area contributed by atoms with Gasteiger partial charge in [0, 0.05) is 11.8 Å². The van der Waals surface area contributed by atoms with Crippen LogP contribution in [-0.4, -0.2) is 12.3 Å². The van der Waals surface area contributed by atoms with Crippen LogP contribution < -0.4 is 5.73 Å². The maximum atomic E-state index is 12.3. The molecule has 0 atom stereocenters. The minimum Gasteiger partial charge on any atom is -0.330 e. The van der Waals surface area contributed by atoms with Crippen molar-refractivity contribution >= 4 is 5.78 Å². The molecule has 0 amide bonds. The Bertz CT molecular complexity index is 585. The number of hydrogen-bond donors (Lipinski definition) is 1. The van der Waals surface area contributed by atoms with Gasteiger partial charge < -0.3 is 5.73 Å². The fourth-order valence-corrected chi connectivity index (χ4v) is 2.45. The van der Waals surface area contributed by atoms with E-state index in [0.717, 1.165) is 12.0 Å². The molecule has 0 aliphatic carbocycles. The summed E-state index contributed by atoms with van der Waals surface area (Å²) < 4.78 is 0. The molecule has 0 aromatic heterocycles. The maximum Gasteiger partial charge on any atom is 0.142 e. The van der Waals surface area contributed by atoms with Gasteiger partial charge in [0.2, 0.25) is 0 Å². The number of ketones is 1. The molecule has 0 spiro atoms. The van der Waals surface area contributed by atoms with Crippen molar-refractivity contribution in [2.75, 3.05) is 6.54 Å². The number of carbonyl (C=O) groups excluding carboxylic acids is 1. The molecule has 0 unspecified atom stereocenters. The van der Waals surface area contributed by atoms with E-state index in [4.69, 9.17) is 5.73 Å². The number of Topliss-reactive ketones (excluding diaryl/α,β-unsaturated/α-hetero) is 1. The van der Waals surface area contributed by atoms with Crippen molar-refractivity contribution in [3.05, 3.63) is 60.2 Å². The van der Waals surface area contributed by atoms with E-state index in [9.17, 15) is 4.79 Å². The molecule has 21 heavy (non-hydrogen) atoms. The molecule has 0 bridgehead atoms. The van der Waals surface area contributed by atoms with Gasteiger partial charge in [0.1, 0.15) is 5.78 Å². The minimum atomic E-state index is -0.454. The van der Waals surface area contributed by atoms with Gasteiger partial charge in [0.05, 0.1) is 0 Å². The van der Waals surface area contributed by atoms with Crippen LogP contribution >= 0.6 is 0 Å². The predicted molar refractivity (Wildman–Crippen MR) is 88.2 cm³/mol. The van der Waals surface area contributed by atoms with Crippen LogP contribution in [0.4, 0.5) is 0 Å². The lowest BCUT2D eigenvalue weighted by atomic mass is 9.78. The van der Waals surface area contributed by atoms with Crippen LogP contribution in [-0.2, 0) is 10.2 Å². The van der Waals surface area contributed by atoms with Gasteiger partial charge in [-0.05, 0) is 43.5 Å². The van der Waals surface area contributed by atoms with Gasteiger partial charge >= 0.3 is 0 Å². The van der Waals surface area contributed by atoms with Gasteiger partial charge in [-0.3, -0.25) is 4.79 Å². The summed E-state index contributed by atoms with van der Waals surface area (Å²) in [6.45, 7) is 4.54. The van der Waals surface area contributed by atoms with E-state index in [2.05, 4.69) is 36.4 Å². The zero-order valence-corrected chi connectivity index (χ0v) is 12.8. The van der Waals surface area contributed by atoms with Gasteiger partial charge in [0.25, 0.3) is 0 Å². The molecule has 2 aromatic rings. The van der Waals surface area contributed by atoms with Crippen molar-refractivity contribution in [3.63, 3.8) is 0 Å². The van der Waals surface area contributed by atoms with E-state index >= 15 is 0 Å². The molecule has 0 fully saturated rings. The van der Waals surface area contributed by atoms with Crippen LogP contribution in [0.15, 0.2) is 54.6 Å². The van der Waals surface area contributed by atoms with Crippen LogP contribution in [0.5, 0.6) is 0 Å². The van der Waals surface area contributed by atoms with Crippen molar-refractivity contribution in [2.24, 2.45) is 5.73 Å². The fraction of sp³-hybridized carbons (Fsp3) is 0.316. The summed E-state index contributed by atoms with van der Waals surface area (Å²) in [7, 11) is 0. The molecule has 0 radical (unpaired) electrons. The monoisotopic (exact) mass is 281 g/mol. The molecule has 0 heterocycles. The molecule has 2 rings (SSSR count). The van der Waals surface area contributed by atoms with E-state index in [1.54, 1.807) is 0 Å². The maximum absolute atomic E-state index is 12.3. The van der Waals surface area contributed by atoms with Crippen LogP contribution in [0.25, 0.3) is 11.1 Å². The average molecular weight is 281 g/mol. The molecule has 2 N–H and O–H groups in total. The number of hydrogen-bond acceptors (Lipinski definition) is 2. The molecule has 2 nitrogen and oxygen atoms in total. The smallest absolute Gasteiger partial charge is 0.142 e. The first-order chi connectivity index (χ1) is 10.1. The first kappa shape index (κ1) is 15.5. The largest absolute Gasteiger partial charge is 0.330 e. The molecular formula is C19H23NO. The van der Waals surface area contributed by atoms with E-state index < -0.39 is 5.41 Å². The second kappa shape index (κ2) is 6.68. The lowest BCUT2D eigenvalue weighted by molar-refractivity contribution is -0.123. The standard InChI is InChI=1S/C19H23NO/c1-19(2,18(21)9-6-14-20)17-12-10-16(11-13-17)15-7-4-3-5-8-15/h3-5,7-8,10-13H,6,9,14,20H2,1-2H3. The Kier molecular flexibility index (Phi) is 4.92. The molecule has 0 saturated carbocycles. The third kappa shape index (κ3) is 3.59. The molecule has 2 heteroatoms. The summed E-state index contributed by atoms with van der Waals surface area (Å²) in [5.74, 6) is 0.250. The Morgan fingerprint density at radius 3 is 2.10 bits per heavy atom. The highest BCUT2D eigenvalue weighted by molar-refractivity contribution is 5.89. The summed E-state index contributed by atoms with van der Waals surface area (Å²) in [6.07, 6.45) is 1.30. The normalized spacial score (nSPS) is 11.4. The number of rotatable bonds is 6. The van der Waals surface area contributed by atoms with Crippen molar-refractivity contribution in [3.8, 4) is 11.1 Å². The van der Waals surface area contributed by atoms with Crippen LogP contribution in [0.2, 0.25) is 0 Å². The number of nitrogens with two attached hydrogens (primary N) is 1. The highest BCUT2D eigenvalue weighted by Gasteiger charge is 2.28. The van der Waals surface area contributed by atoms with E-state index in [1.807, 2.05) is 32.0 Å².